The smallest absolute Gasteiger partial charge is 0.117 e. The molecule has 0 atom stereocenters. The van der Waals surface area contributed by atoms with Crippen LogP contribution in [0.4, 0.5) is 0 Å². The van der Waals surface area contributed by atoms with Crippen molar-refractivity contribution >= 4 is 34.5 Å². The maximum atomic E-state index is 6.21. The van der Waals surface area contributed by atoms with E-state index in [0.717, 1.165) is 21.2 Å². The summed E-state index contributed by atoms with van der Waals surface area (Å²) in [6.07, 6.45) is 3.47. The fraction of sp³-hybridized carbons (Fsp3) is 0.133. The van der Waals surface area contributed by atoms with Gasteiger partial charge in [0.2, 0.25) is 0 Å². The zero-order valence-corrected chi connectivity index (χ0v) is 13.3. The van der Waals surface area contributed by atoms with Gasteiger partial charge < -0.3 is 9.73 Å². The van der Waals surface area contributed by atoms with E-state index in [1.54, 1.807) is 17.6 Å². The molecule has 108 valence electrons. The maximum absolute atomic E-state index is 6.21. The predicted molar refractivity (Wildman–Crippen MR) is 86.8 cm³/mol. The van der Waals surface area contributed by atoms with Gasteiger partial charge in [-0.25, -0.2) is 4.98 Å². The van der Waals surface area contributed by atoms with Crippen LogP contribution in [0.5, 0.6) is 0 Å². The Morgan fingerprint density at radius 3 is 2.62 bits per heavy atom. The summed E-state index contributed by atoms with van der Waals surface area (Å²) in [5.41, 5.74) is 0.843. The quantitative estimate of drug-likeness (QED) is 0.711. The molecule has 0 fully saturated rings. The fourth-order valence-corrected chi connectivity index (χ4v) is 3.62. The summed E-state index contributed by atoms with van der Waals surface area (Å²) in [5.74, 6) is 0.904. The van der Waals surface area contributed by atoms with Gasteiger partial charge in [0, 0.05) is 18.3 Å². The van der Waals surface area contributed by atoms with Crippen molar-refractivity contribution in [3.63, 3.8) is 0 Å². The van der Waals surface area contributed by atoms with Crippen molar-refractivity contribution in [2.45, 2.75) is 13.1 Å². The van der Waals surface area contributed by atoms with Crippen molar-refractivity contribution < 1.29 is 4.42 Å². The van der Waals surface area contributed by atoms with E-state index >= 15 is 0 Å². The van der Waals surface area contributed by atoms with Crippen LogP contribution < -0.4 is 5.32 Å². The Labute approximate surface area is 136 Å². The van der Waals surface area contributed by atoms with Crippen molar-refractivity contribution in [1.82, 2.24) is 10.3 Å². The molecule has 0 aliphatic rings. The largest absolute Gasteiger partial charge is 0.468 e. The average molecular weight is 339 g/mol. The number of nitrogens with one attached hydrogen (secondary N) is 1. The molecule has 0 amide bonds. The van der Waals surface area contributed by atoms with E-state index in [-0.39, 0.29) is 0 Å². The molecule has 0 aliphatic heterocycles. The van der Waals surface area contributed by atoms with Crippen LogP contribution in [0.3, 0.4) is 0 Å². The second-order valence-electron chi connectivity index (χ2n) is 4.40. The van der Waals surface area contributed by atoms with Gasteiger partial charge in [-0.05, 0) is 24.3 Å². The van der Waals surface area contributed by atoms with Crippen LogP contribution in [0.25, 0.3) is 10.4 Å². The lowest BCUT2D eigenvalue weighted by atomic mass is 10.2. The van der Waals surface area contributed by atoms with E-state index in [9.17, 15) is 0 Å². The standard InChI is InChI=1S/C15H12Cl2N2OS/c16-11-4-1-5-12(17)15(11)13-8-19-14(21-13)9-18-7-10-3-2-6-20-10/h1-6,8,18H,7,9H2. The highest BCUT2D eigenvalue weighted by Crippen LogP contribution is 2.37. The summed E-state index contributed by atoms with van der Waals surface area (Å²) in [6, 6.07) is 9.30. The summed E-state index contributed by atoms with van der Waals surface area (Å²) in [6.45, 7) is 1.35. The molecule has 0 radical (unpaired) electrons. The molecule has 6 heteroatoms. The number of rotatable bonds is 5. The molecule has 2 heterocycles. The zero-order chi connectivity index (χ0) is 14.7. The van der Waals surface area contributed by atoms with Crippen LogP contribution in [0, 0.1) is 0 Å². The molecule has 21 heavy (non-hydrogen) atoms. The van der Waals surface area contributed by atoms with Crippen LogP contribution in [0.15, 0.2) is 47.2 Å². The molecule has 0 bridgehead atoms. The highest BCUT2D eigenvalue weighted by molar-refractivity contribution is 7.15. The van der Waals surface area contributed by atoms with Crippen LogP contribution >= 0.6 is 34.5 Å². The minimum absolute atomic E-state index is 0.640. The molecule has 3 nitrogen and oxygen atoms in total. The second kappa shape index (κ2) is 6.62. The lowest BCUT2D eigenvalue weighted by Gasteiger charge is -2.03. The highest BCUT2D eigenvalue weighted by atomic mass is 35.5. The lowest BCUT2D eigenvalue weighted by molar-refractivity contribution is 0.483. The number of halogens is 2. The third-order valence-corrected chi connectivity index (χ3v) is 4.56. The Hall–Kier alpha value is -1.33. The first kappa shape index (κ1) is 14.6. The number of benzene rings is 1. The van der Waals surface area contributed by atoms with E-state index in [2.05, 4.69) is 10.3 Å². The van der Waals surface area contributed by atoms with Crippen molar-refractivity contribution in [3.8, 4) is 10.4 Å². The monoisotopic (exact) mass is 338 g/mol. The molecular formula is C15H12Cl2N2OS. The number of hydrogen-bond donors (Lipinski definition) is 1. The molecule has 1 N–H and O–H groups in total. The third-order valence-electron chi connectivity index (χ3n) is 2.92. The number of hydrogen-bond acceptors (Lipinski definition) is 4. The summed E-state index contributed by atoms with van der Waals surface area (Å²) >= 11 is 14.0. The van der Waals surface area contributed by atoms with E-state index < -0.39 is 0 Å². The molecule has 0 aliphatic carbocycles. The zero-order valence-electron chi connectivity index (χ0n) is 11.0. The molecular weight excluding hydrogens is 327 g/mol. The number of furan rings is 1. The minimum Gasteiger partial charge on any atom is -0.468 e. The third kappa shape index (κ3) is 3.47. The van der Waals surface area contributed by atoms with Crippen molar-refractivity contribution in [1.29, 1.82) is 0 Å². The van der Waals surface area contributed by atoms with E-state index in [1.807, 2.05) is 36.5 Å². The van der Waals surface area contributed by atoms with Gasteiger partial charge in [-0.15, -0.1) is 11.3 Å². The summed E-state index contributed by atoms with van der Waals surface area (Å²) in [4.78, 5) is 5.37. The van der Waals surface area contributed by atoms with Crippen molar-refractivity contribution in [2.24, 2.45) is 0 Å². The van der Waals surface area contributed by atoms with Gasteiger partial charge in [-0.3, -0.25) is 0 Å². The maximum Gasteiger partial charge on any atom is 0.117 e. The van der Waals surface area contributed by atoms with Gasteiger partial charge in [0.1, 0.15) is 10.8 Å². The number of thiazole rings is 1. The fourth-order valence-electron chi connectivity index (χ4n) is 1.95. The van der Waals surface area contributed by atoms with Gasteiger partial charge in [-0.1, -0.05) is 29.3 Å². The average Bonchev–Trinajstić information content (AvgIpc) is 3.11. The first-order valence-electron chi connectivity index (χ1n) is 6.36. The number of nitrogens with zero attached hydrogens (tertiary/aromatic N) is 1. The van der Waals surface area contributed by atoms with Gasteiger partial charge in [0.25, 0.3) is 0 Å². The molecule has 0 unspecified atom stereocenters. The summed E-state index contributed by atoms with van der Waals surface area (Å²) in [5, 5.41) is 5.55. The molecule has 3 aromatic rings. The van der Waals surface area contributed by atoms with Crippen LogP contribution in [0.1, 0.15) is 10.8 Å². The SMILES string of the molecule is Clc1cccc(Cl)c1-c1cnc(CNCc2ccco2)s1. The van der Waals surface area contributed by atoms with Crippen LogP contribution in [-0.4, -0.2) is 4.98 Å². The normalized spacial score (nSPS) is 11.0. The number of aromatic nitrogens is 1. The molecule has 0 spiro atoms. The van der Waals surface area contributed by atoms with Gasteiger partial charge in [0.15, 0.2) is 0 Å². The highest BCUT2D eigenvalue weighted by Gasteiger charge is 2.11. The van der Waals surface area contributed by atoms with E-state index in [1.165, 1.54) is 0 Å². The first-order valence-corrected chi connectivity index (χ1v) is 7.93. The van der Waals surface area contributed by atoms with Gasteiger partial charge >= 0.3 is 0 Å². The van der Waals surface area contributed by atoms with Gasteiger partial charge in [0.05, 0.1) is 27.7 Å². The van der Waals surface area contributed by atoms with Crippen molar-refractivity contribution in [3.05, 3.63) is 63.6 Å². The Kier molecular flexibility index (Phi) is 4.60. The molecule has 0 saturated carbocycles. The molecule has 3 rings (SSSR count). The van der Waals surface area contributed by atoms with E-state index in [0.29, 0.717) is 23.1 Å². The Morgan fingerprint density at radius 1 is 1.10 bits per heavy atom. The molecule has 1 aromatic carbocycles. The Morgan fingerprint density at radius 2 is 1.90 bits per heavy atom. The van der Waals surface area contributed by atoms with Crippen LogP contribution in [0.2, 0.25) is 10.0 Å². The topological polar surface area (TPSA) is 38.1 Å². The summed E-state index contributed by atoms with van der Waals surface area (Å²) in [7, 11) is 0. The predicted octanol–water partition coefficient (Wildman–Crippen LogP) is 5.00. The van der Waals surface area contributed by atoms with Crippen LogP contribution in [-0.2, 0) is 13.1 Å². The molecule has 2 aromatic heterocycles. The molecule has 0 saturated heterocycles. The minimum atomic E-state index is 0.640. The summed E-state index contributed by atoms with van der Waals surface area (Å²) < 4.78 is 5.26. The second-order valence-corrected chi connectivity index (χ2v) is 6.33. The van der Waals surface area contributed by atoms with E-state index in [4.69, 9.17) is 27.6 Å². The first-order chi connectivity index (χ1) is 10.2. The Balaban J connectivity index is 1.69. The van der Waals surface area contributed by atoms with Crippen molar-refractivity contribution in [2.75, 3.05) is 0 Å². The lowest BCUT2D eigenvalue weighted by Crippen LogP contribution is -2.11. The Bertz CT molecular complexity index is 705. The van der Waals surface area contributed by atoms with Gasteiger partial charge in [-0.2, -0.15) is 0 Å².